The predicted octanol–water partition coefficient (Wildman–Crippen LogP) is 7.23. The number of piperidine rings is 1. The lowest BCUT2D eigenvalue weighted by Crippen LogP contribution is -2.36. The van der Waals surface area contributed by atoms with E-state index in [-0.39, 0.29) is 11.9 Å². The van der Waals surface area contributed by atoms with Gasteiger partial charge in [0.05, 0.1) is 12.5 Å². The number of ether oxygens (including phenoxy) is 1. The fraction of sp³-hybridized carbons (Fsp3) is 0.567. The van der Waals surface area contributed by atoms with Crippen LogP contribution in [-0.2, 0) is 16.1 Å². The summed E-state index contributed by atoms with van der Waals surface area (Å²) >= 11 is 0. The smallest absolute Gasteiger partial charge is 0.309 e. The first-order valence-electron chi connectivity index (χ1n) is 12.9. The van der Waals surface area contributed by atoms with Crippen LogP contribution < -0.4 is 0 Å². The zero-order valence-corrected chi connectivity index (χ0v) is 21.0. The summed E-state index contributed by atoms with van der Waals surface area (Å²) in [6.07, 6.45) is 9.37. The van der Waals surface area contributed by atoms with Gasteiger partial charge in [-0.15, -0.1) is 0 Å². The summed E-state index contributed by atoms with van der Waals surface area (Å²) in [7, 11) is 0. The molecule has 0 N–H and O–H groups in total. The first-order chi connectivity index (χ1) is 15.8. The van der Waals surface area contributed by atoms with Gasteiger partial charge in [-0.2, -0.15) is 0 Å². The van der Waals surface area contributed by atoms with E-state index in [1.807, 2.05) is 6.92 Å². The number of rotatable bonds is 5. The van der Waals surface area contributed by atoms with E-state index >= 15 is 0 Å². The van der Waals surface area contributed by atoms with Crippen LogP contribution in [0.25, 0.3) is 16.8 Å². The molecule has 1 heterocycles. The number of hydrogen-bond acceptors (Lipinski definition) is 3. The molecule has 1 saturated heterocycles. The van der Waals surface area contributed by atoms with Gasteiger partial charge in [0.15, 0.2) is 0 Å². The van der Waals surface area contributed by atoms with Gasteiger partial charge in [-0.05, 0) is 104 Å². The molecule has 0 unspecified atom stereocenters. The molecule has 1 aliphatic heterocycles. The van der Waals surface area contributed by atoms with Crippen LogP contribution in [0.2, 0.25) is 0 Å². The van der Waals surface area contributed by atoms with Crippen LogP contribution in [-0.4, -0.2) is 30.6 Å². The van der Waals surface area contributed by atoms with E-state index in [1.165, 1.54) is 47.6 Å². The Morgan fingerprint density at radius 2 is 1.67 bits per heavy atom. The Morgan fingerprint density at radius 1 is 1.00 bits per heavy atom. The normalized spacial score (nSPS) is 20.7. The largest absolute Gasteiger partial charge is 0.466 e. The second-order valence-corrected chi connectivity index (χ2v) is 11.2. The molecule has 3 nitrogen and oxygen atoms in total. The molecular formula is C30H41NO2. The number of likely N-dealkylation sites (tertiary alicyclic amines) is 1. The lowest BCUT2D eigenvalue weighted by molar-refractivity contribution is -0.149. The molecule has 2 aromatic rings. The maximum Gasteiger partial charge on any atom is 0.309 e. The van der Waals surface area contributed by atoms with Gasteiger partial charge in [0, 0.05) is 6.54 Å². The Kier molecular flexibility index (Phi) is 7.58. The molecule has 1 aliphatic carbocycles. The van der Waals surface area contributed by atoms with Crippen molar-refractivity contribution in [2.75, 3.05) is 19.7 Å². The Balaban J connectivity index is 1.35. The average Bonchev–Trinajstić information content (AvgIpc) is 2.79. The Labute approximate surface area is 200 Å². The van der Waals surface area contributed by atoms with Crippen molar-refractivity contribution < 1.29 is 9.53 Å². The van der Waals surface area contributed by atoms with Crippen LogP contribution >= 0.6 is 0 Å². The highest BCUT2D eigenvalue weighted by Crippen LogP contribution is 2.40. The molecule has 1 saturated carbocycles. The molecule has 2 aliphatic rings. The monoisotopic (exact) mass is 447 g/mol. The van der Waals surface area contributed by atoms with Crippen molar-refractivity contribution in [3.05, 3.63) is 53.1 Å². The Morgan fingerprint density at radius 3 is 2.33 bits per heavy atom. The molecule has 0 aromatic heterocycles. The van der Waals surface area contributed by atoms with Crippen LogP contribution in [0.15, 0.2) is 42.0 Å². The third-order valence-electron chi connectivity index (χ3n) is 7.77. The molecule has 3 heteroatoms. The number of carbonyl (C=O) groups is 1. The maximum atomic E-state index is 12.0. The van der Waals surface area contributed by atoms with Crippen molar-refractivity contribution in [1.29, 1.82) is 0 Å². The summed E-state index contributed by atoms with van der Waals surface area (Å²) in [5, 5.41) is 2.63. The minimum atomic E-state index is -0.0177. The molecule has 0 radical (unpaired) electrons. The average molecular weight is 448 g/mol. The molecule has 0 bridgehead atoms. The molecule has 0 amide bonds. The summed E-state index contributed by atoms with van der Waals surface area (Å²) in [5.41, 5.74) is 4.73. The minimum absolute atomic E-state index is 0.0177. The van der Waals surface area contributed by atoms with E-state index in [9.17, 15) is 4.79 Å². The van der Waals surface area contributed by atoms with Crippen LogP contribution in [0, 0.1) is 17.3 Å². The molecular weight excluding hydrogens is 406 g/mol. The van der Waals surface area contributed by atoms with Crippen LogP contribution in [0.3, 0.4) is 0 Å². The van der Waals surface area contributed by atoms with Gasteiger partial charge in [0.2, 0.25) is 0 Å². The van der Waals surface area contributed by atoms with Gasteiger partial charge < -0.3 is 4.74 Å². The maximum absolute atomic E-state index is 12.0. The first-order valence-corrected chi connectivity index (χ1v) is 12.9. The number of nitrogens with zero attached hydrogens (tertiary/aromatic N) is 1. The predicted molar refractivity (Wildman–Crippen MR) is 138 cm³/mol. The van der Waals surface area contributed by atoms with Crippen molar-refractivity contribution in [1.82, 2.24) is 4.90 Å². The summed E-state index contributed by atoms with van der Waals surface area (Å²) in [6.45, 7) is 12.4. The van der Waals surface area contributed by atoms with E-state index in [4.69, 9.17) is 4.74 Å². The number of fused-ring (bicyclic) bond motifs is 1. The fourth-order valence-corrected chi connectivity index (χ4v) is 5.58. The van der Waals surface area contributed by atoms with E-state index in [0.29, 0.717) is 12.0 Å². The van der Waals surface area contributed by atoms with Gasteiger partial charge in [-0.3, -0.25) is 9.69 Å². The minimum Gasteiger partial charge on any atom is -0.466 e. The van der Waals surface area contributed by atoms with Crippen LogP contribution in [0.4, 0.5) is 0 Å². The van der Waals surface area contributed by atoms with Crippen molar-refractivity contribution in [2.45, 2.75) is 72.8 Å². The van der Waals surface area contributed by atoms with Crippen LogP contribution in [0.5, 0.6) is 0 Å². The first kappa shape index (κ1) is 24.0. The number of esters is 1. The molecule has 4 rings (SSSR count). The third-order valence-corrected chi connectivity index (χ3v) is 7.77. The van der Waals surface area contributed by atoms with Crippen molar-refractivity contribution in [3.63, 3.8) is 0 Å². The molecule has 178 valence electrons. The third kappa shape index (κ3) is 6.26. The second kappa shape index (κ2) is 10.4. The summed E-state index contributed by atoms with van der Waals surface area (Å²) in [5.74, 6) is 0.908. The van der Waals surface area contributed by atoms with Gasteiger partial charge in [-0.25, -0.2) is 0 Å². The Bertz CT molecular complexity index is 982. The lowest BCUT2D eigenvalue weighted by Gasteiger charge is -2.34. The summed E-state index contributed by atoms with van der Waals surface area (Å²) < 4.78 is 5.20. The molecule has 0 atom stereocenters. The quantitative estimate of drug-likeness (QED) is 0.453. The zero-order valence-electron chi connectivity index (χ0n) is 21.0. The highest BCUT2D eigenvalue weighted by Gasteiger charge is 2.27. The molecule has 33 heavy (non-hydrogen) atoms. The van der Waals surface area contributed by atoms with Gasteiger partial charge in [-0.1, -0.05) is 56.7 Å². The highest BCUT2D eigenvalue weighted by atomic mass is 16.5. The van der Waals surface area contributed by atoms with E-state index in [0.717, 1.165) is 38.4 Å². The number of carbonyl (C=O) groups excluding carboxylic acids is 1. The van der Waals surface area contributed by atoms with Crippen molar-refractivity contribution in [2.24, 2.45) is 17.3 Å². The zero-order chi connectivity index (χ0) is 23.4. The molecule has 2 aromatic carbocycles. The molecule has 2 fully saturated rings. The van der Waals surface area contributed by atoms with E-state index in [1.54, 1.807) is 5.57 Å². The number of hydrogen-bond donors (Lipinski definition) is 0. The Hall–Kier alpha value is -2.13. The van der Waals surface area contributed by atoms with Crippen molar-refractivity contribution in [3.8, 4) is 0 Å². The SMILES string of the molecule is CCOC(=O)C1CCN(Cc2ccc3cc(C=C4CCC(C(C)(C)C)CC4)ccc3c2)CC1. The van der Waals surface area contributed by atoms with Crippen molar-refractivity contribution >= 4 is 22.8 Å². The second-order valence-electron chi connectivity index (χ2n) is 11.2. The highest BCUT2D eigenvalue weighted by molar-refractivity contribution is 5.85. The topological polar surface area (TPSA) is 29.5 Å². The number of benzene rings is 2. The van der Waals surface area contributed by atoms with E-state index < -0.39 is 0 Å². The van der Waals surface area contributed by atoms with Gasteiger partial charge in [0.25, 0.3) is 0 Å². The fourth-order valence-electron chi connectivity index (χ4n) is 5.58. The summed E-state index contributed by atoms with van der Waals surface area (Å²) in [4.78, 5) is 14.4. The van der Waals surface area contributed by atoms with Gasteiger partial charge in [0.1, 0.15) is 0 Å². The molecule has 0 spiro atoms. The lowest BCUT2D eigenvalue weighted by atomic mass is 9.71. The van der Waals surface area contributed by atoms with Gasteiger partial charge >= 0.3 is 5.97 Å². The summed E-state index contributed by atoms with van der Waals surface area (Å²) in [6, 6.07) is 13.8. The van der Waals surface area contributed by atoms with E-state index in [2.05, 4.69) is 68.1 Å². The van der Waals surface area contributed by atoms with Crippen LogP contribution in [0.1, 0.15) is 77.3 Å². The standard InChI is InChI=1S/C30H41NO2/c1-5-33-29(32)25-14-16-31(17-15-25)21-24-7-11-26-19-23(6-10-27(26)20-24)18-22-8-12-28(13-9-22)30(2,3)4/h6-7,10-11,18-20,25,28H,5,8-9,12-17,21H2,1-4H3. The number of allylic oxidation sites excluding steroid dienone is 1.